The van der Waals surface area contributed by atoms with E-state index in [1.54, 1.807) is 0 Å². The van der Waals surface area contributed by atoms with Crippen molar-refractivity contribution in [2.24, 2.45) is 0 Å². The van der Waals surface area contributed by atoms with E-state index in [0.29, 0.717) is 19.2 Å². The van der Waals surface area contributed by atoms with Crippen molar-refractivity contribution >= 4 is 5.97 Å². The van der Waals surface area contributed by atoms with Gasteiger partial charge in [0, 0.05) is 26.1 Å². The van der Waals surface area contributed by atoms with Crippen LogP contribution in [-0.2, 0) is 9.53 Å². The quantitative estimate of drug-likeness (QED) is 0.0685. The third-order valence-corrected chi connectivity index (χ3v) is 8.86. The molecule has 1 saturated heterocycles. The summed E-state index contributed by atoms with van der Waals surface area (Å²) in [6.45, 7) is 8.25. The van der Waals surface area contributed by atoms with E-state index in [2.05, 4.69) is 30.7 Å². The van der Waals surface area contributed by atoms with Crippen LogP contribution in [0.5, 0.6) is 0 Å². The molecule has 1 fully saturated rings. The molecule has 1 aliphatic rings. The summed E-state index contributed by atoms with van der Waals surface area (Å²) in [7, 11) is 2.26. The third-order valence-electron chi connectivity index (χ3n) is 8.86. The Balaban J connectivity index is 1.94. The molecule has 0 aliphatic carbocycles. The first-order valence-corrected chi connectivity index (χ1v) is 17.8. The minimum atomic E-state index is 0.00604. The zero-order valence-electron chi connectivity index (χ0n) is 27.0. The molecule has 0 N–H and O–H groups in total. The number of rotatable bonds is 29. The van der Waals surface area contributed by atoms with Gasteiger partial charge in [-0.3, -0.25) is 14.6 Å². The summed E-state index contributed by atoms with van der Waals surface area (Å²) in [6, 6.07) is 0. The van der Waals surface area contributed by atoms with Crippen LogP contribution in [0.2, 0.25) is 0 Å². The summed E-state index contributed by atoms with van der Waals surface area (Å²) in [5.41, 5.74) is 0. The number of unbranched alkanes of at least 4 members (excludes halogenated alkanes) is 22. The van der Waals surface area contributed by atoms with Crippen LogP contribution in [0, 0.1) is 0 Å². The normalized spacial score (nSPS) is 16.3. The SMILES string of the molecule is CCCCCCCCCCCCCCCC1N(C)CCN1CCOC(=O)CCCCCCCCCCCCC. The smallest absolute Gasteiger partial charge is 0.305 e. The Bertz CT molecular complexity index is 527. The van der Waals surface area contributed by atoms with Gasteiger partial charge in [0.25, 0.3) is 0 Å². The zero-order valence-corrected chi connectivity index (χ0v) is 27.0. The second-order valence-electron chi connectivity index (χ2n) is 12.5. The summed E-state index contributed by atoms with van der Waals surface area (Å²) in [5, 5.41) is 0. The van der Waals surface area contributed by atoms with Crippen LogP contribution in [0.1, 0.15) is 181 Å². The Hall–Kier alpha value is -0.610. The molecule has 4 nitrogen and oxygen atoms in total. The maximum atomic E-state index is 12.2. The van der Waals surface area contributed by atoms with E-state index in [-0.39, 0.29) is 5.97 Å². The van der Waals surface area contributed by atoms with Crippen LogP contribution in [0.25, 0.3) is 0 Å². The van der Waals surface area contributed by atoms with Crippen LogP contribution in [0.3, 0.4) is 0 Å². The van der Waals surface area contributed by atoms with E-state index in [4.69, 9.17) is 4.74 Å². The van der Waals surface area contributed by atoms with Crippen LogP contribution >= 0.6 is 0 Å². The Morgan fingerprint density at radius 3 is 1.46 bits per heavy atom. The highest BCUT2D eigenvalue weighted by molar-refractivity contribution is 5.69. The largest absolute Gasteiger partial charge is 0.464 e. The molecule has 0 aromatic heterocycles. The highest BCUT2D eigenvalue weighted by Crippen LogP contribution is 2.20. The second-order valence-corrected chi connectivity index (χ2v) is 12.5. The standard InChI is InChI=1S/C35H70N2O2/c1-4-6-8-10-12-14-16-17-19-20-22-24-26-28-34-36(3)30-31-37(34)32-33-39-35(38)29-27-25-23-21-18-15-13-11-9-7-5-2/h34H,4-33H2,1-3H3. The number of hydrogen-bond acceptors (Lipinski definition) is 4. The van der Waals surface area contributed by atoms with Gasteiger partial charge in [-0.2, -0.15) is 0 Å². The highest BCUT2D eigenvalue weighted by Gasteiger charge is 2.28. The third kappa shape index (κ3) is 21.8. The Labute approximate surface area is 245 Å². The molecule has 0 aromatic rings. The summed E-state index contributed by atoms with van der Waals surface area (Å²) < 4.78 is 5.60. The van der Waals surface area contributed by atoms with Gasteiger partial charge in [0.15, 0.2) is 0 Å². The van der Waals surface area contributed by atoms with Crippen molar-refractivity contribution in [3.05, 3.63) is 0 Å². The minimum Gasteiger partial charge on any atom is -0.464 e. The predicted molar refractivity (Wildman–Crippen MR) is 170 cm³/mol. The van der Waals surface area contributed by atoms with E-state index >= 15 is 0 Å². The maximum absolute atomic E-state index is 12.2. The number of nitrogens with zero attached hydrogens (tertiary/aromatic N) is 2. The summed E-state index contributed by atoms with van der Waals surface area (Å²) in [5.74, 6) is 0.00604. The molecule has 1 atom stereocenters. The highest BCUT2D eigenvalue weighted by atomic mass is 16.5. The van der Waals surface area contributed by atoms with Gasteiger partial charge in [-0.1, -0.05) is 162 Å². The van der Waals surface area contributed by atoms with Gasteiger partial charge in [0.1, 0.15) is 6.61 Å². The number of hydrogen-bond donors (Lipinski definition) is 0. The van der Waals surface area contributed by atoms with Crippen LogP contribution in [0.4, 0.5) is 0 Å². The molecule has 1 unspecified atom stereocenters. The van der Waals surface area contributed by atoms with Crippen molar-refractivity contribution < 1.29 is 9.53 Å². The molecular weight excluding hydrogens is 480 g/mol. The first kappa shape index (κ1) is 36.4. The Morgan fingerprint density at radius 2 is 1.00 bits per heavy atom. The molecule has 1 rings (SSSR count). The first-order valence-electron chi connectivity index (χ1n) is 17.8. The van der Waals surface area contributed by atoms with Crippen LogP contribution < -0.4 is 0 Å². The molecule has 0 saturated carbocycles. The van der Waals surface area contributed by atoms with E-state index < -0.39 is 0 Å². The van der Waals surface area contributed by atoms with Crippen LogP contribution in [-0.4, -0.2) is 55.2 Å². The molecule has 0 aromatic carbocycles. The maximum Gasteiger partial charge on any atom is 0.305 e. The molecular formula is C35H70N2O2. The lowest BCUT2D eigenvalue weighted by Gasteiger charge is -2.28. The average Bonchev–Trinajstić information content (AvgIpc) is 3.28. The van der Waals surface area contributed by atoms with Gasteiger partial charge < -0.3 is 4.74 Å². The van der Waals surface area contributed by atoms with Gasteiger partial charge in [-0.15, -0.1) is 0 Å². The van der Waals surface area contributed by atoms with Crippen molar-refractivity contribution in [3.8, 4) is 0 Å². The Morgan fingerprint density at radius 1 is 0.590 bits per heavy atom. The van der Waals surface area contributed by atoms with E-state index in [1.165, 1.54) is 154 Å². The van der Waals surface area contributed by atoms with Gasteiger partial charge in [0.2, 0.25) is 0 Å². The molecule has 1 heterocycles. The lowest BCUT2D eigenvalue weighted by molar-refractivity contribution is -0.144. The molecule has 4 heteroatoms. The molecule has 0 bridgehead atoms. The lowest BCUT2D eigenvalue weighted by atomic mass is 10.0. The molecule has 39 heavy (non-hydrogen) atoms. The van der Waals surface area contributed by atoms with Crippen LogP contribution in [0.15, 0.2) is 0 Å². The number of likely N-dealkylation sites (N-methyl/N-ethyl adjacent to an activating group) is 1. The fraction of sp³-hybridized carbons (Fsp3) is 0.971. The summed E-state index contributed by atoms with van der Waals surface area (Å²) in [6.07, 6.45) is 35.2. The van der Waals surface area contributed by atoms with Crippen molar-refractivity contribution in [2.75, 3.05) is 33.3 Å². The van der Waals surface area contributed by atoms with Crippen molar-refractivity contribution in [3.63, 3.8) is 0 Å². The molecule has 1 aliphatic heterocycles. The van der Waals surface area contributed by atoms with Crippen molar-refractivity contribution in [2.45, 2.75) is 187 Å². The first-order chi connectivity index (χ1) is 19.2. The topological polar surface area (TPSA) is 32.8 Å². The predicted octanol–water partition coefficient (Wildman–Crippen LogP) is 10.3. The van der Waals surface area contributed by atoms with Crippen molar-refractivity contribution in [1.82, 2.24) is 9.80 Å². The minimum absolute atomic E-state index is 0.00604. The molecule has 0 spiro atoms. The summed E-state index contributed by atoms with van der Waals surface area (Å²) >= 11 is 0. The molecule has 0 amide bonds. The van der Waals surface area contributed by atoms with E-state index in [9.17, 15) is 4.79 Å². The second kappa shape index (κ2) is 27.6. The monoisotopic (exact) mass is 551 g/mol. The van der Waals surface area contributed by atoms with Gasteiger partial charge in [0.05, 0.1) is 6.17 Å². The van der Waals surface area contributed by atoms with Crippen molar-refractivity contribution in [1.29, 1.82) is 0 Å². The van der Waals surface area contributed by atoms with Gasteiger partial charge in [-0.05, 0) is 19.9 Å². The number of esters is 1. The summed E-state index contributed by atoms with van der Waals surface area (Å²) in [4.78, 5) is 17.2. The molecule has 232 valence electrons. The van der Waals surface area contributed by atoms with Gasteiger partial charge in [-0.25, -0.2) is 0 Å². The van der Waals surface area contributed by atoms with E-state index in [1.807, 2.05) is 0 Å². The number of carbonyl (C=O) groups excluding carboxylic acids is 1. The lowest BCUT2D eigenvalue weighted by Crippen LogP contribution is -2.38. The fourth-order valence-electron chi connectivity index (χ4n) is 6.15. The number of ether oxygens (including phenoxy) is 1. The van der Waals surface area contributed by atoms with Gasteiger partial charge >= 0.3 is 5.97 Å². The fourth-order valence-corrected chi connectivity index (χ4v) is 6.15. The van der Waals surface area contributed by atoms with E-state index in [0.717, 1.165) is 26.1 Å². The molecule has 0 radical (unpaired) electrons. The average molecular weight is 551 g/mol. The Kier molecular flexibility index (Phi) is 25.7. The zero-order chi connectivity index (χ0) is 28.2. The number of carbonyl (C=O) groups is 1.